The van der Waals surface area contributed by atoms with Gasteiger partial charge in [-0.25, -0.2) is 0 Å². The van der Waals surface area contributed by atoms with Crippen molar-refractivity contribution in [1.82, 2.24) is 0 Å². The summed E-state index contributed by atoms with van der Waals surface area (Å²) in [5.41, 5.74) is 0. The van der Waals surface area contributed by atoms with E-state index in [2.05, 4.69) is 25.3 Å². The molecule has 98 valence electrons. The van der Waals surface area contributed by atoms with E-state index in [-0.39, 0.29) is 12.2 Å². The lowest BCUT2D eigenvalue weighted by atomic mass is 10.1. The Bertz CT molecular complexity index is 268. The van der Waals surface area contributed by atoms with Crippen LogP contribution >= 0.6 is 25.3 Å². The summed E-state index contributed by atoms with van der Waals surface area (Å²) in [6, 6.07) is 0. The summed E-state index contributed by atoms with van der Waals surface area (Å²) in [7, 11) is 0. The molecule has 0 spiro atoms. The molecule has 0 saturated carbocycles. The minimum absolute atomic E-state index is 0.375. The Kier molecular flexibility index (Phi) is 5.61. The monoisotopic (exact) mass is 280 g/mol. The Hall–Kier alpha value is -0.400. The van der Waals surface area contributed by atoms with Gasteiger partial charge in [0, 0.05) is 25.4 Å². The molecular formula is C10H16O5S2. The van der Waals surface area contributed by atoms with Crippen LogP contribution in [0.2, 0.25) is 0 Å². The lowest BCUT2D eigenvalue weighted by Crippen LogP contribution is -2.40. The normalized spacial score (nSPS) is 32.2. The molecule has 1 heterocycles. The van der Waals surface area contributed by atoms with Crippen LogP contribution in [0.5, 0.6) is 0 Å². The van der Waals surface area contributed by atoms with E-state index >= 15 is 0 Å². The lowest BCUT2D eigenvalue weighted by molar-refractivity contribution is -0.163. The van der Waals surface area contributed by atoms with Gasteiger partial charge in [0.25, 0.3) is 0 Å². The van der Waals surface area contributed by atoms with Crippen molar-refractivity contribution in [1.29, 1.82) is 0 Å². The average molecular weight is 280 g/mol. The van der Waals surface area contributed by atoms with E-state index in [1.807, 2.05) is 0 Å². The summed E-state index contributed by atoms with van der Waals surface area (Å²) in [5.74, 6) is -0.135. The summed E-state index contributed by atoms with van der Waals surface area (Å²) in [6.07, 6.45) is -2.01. The molecule has 5 nitrogen and oxygen atoms in total. The van der Waals surface area contributed by atoms with Gasteiger partial charge in [0.15, 0.2) is 12.2 Å². The summed E-state index contributed by atoms with van der Waals surface area (Å²) < 4.78 is 15.9. The van der Waals surface area contributed by atoms with Gasteiger partial charge >= 0.3 is 11.9 Å². The van der Waals surface area contributed by atoms with Gasteiger partial charge in [-0.05, 0) is 0 Å². The number of ether oxygens (including phenoxy) is 3. The van der Waals surface area contributed by atoms with Crippen molar-refractivity contribution in [2.24, 2.45) is 0 Å². The molecule has 1 fully saturated rings. The van der Waals surface area contributed by atoms with Gasteiger partial charge in [-0.3, -0.25) is 9.59 Å². The third-order valence-corrected chi connectivity index (χ3v) is 3.09. The maximum absolute atomic E-state index is 11.0. The highest BCUT2D eigenvalue weighted by Gasteiger charge is 2.47. The molecule has 7 heteroatoms. The second kappa shape index (κ2) is 6.51. The number of carbonyl (C=O) groups excluding carboxylic acids is 2. The fourth-order valence-corrected chi connectivity index (χ4v) is 2.35. The van der Waals surface area contributed by atoms with Crippen LogP contribution in [0.4, 0.5) is 0 Å². The minimum atomic E-state index is -0.619. The third kappa shape index (κ3) is 3.79. The third-order valence-electron chi connectivity index (χ3n) is 2.37. The van der Waals surface area contributed by atoms with Crippen LogP contribution in [0.1, 0.15) is 13.8 Å². The topological polar surface area (TPSA) is 61.8 Å². The van der Waals surface area contributed by atoms with Crippen LogP contribution in [-0.2, 0) is 23.8 Å². The van der Waals surface area contributed by atoms with Crippen LogP contribution in [0.15, 0.2) is 0 Å². The maximum atomic E-state index is 11.0. The Labute approximate surface area is 111 Å². The molecule has 1 rings (SSSR count). The second-order valence-electron chi connectivity index (χ2n) is 3.73. The standard InChI is InChI=1S/C10H16O5S2/c1-5(11)13-9-7(3-16)15-8(4-17)10(9)14-6(2)12/h7-10,16-17H,3-4H2,1-2H3/t7-,8-,9+,10+/m0/s1. The lowest BCUT2D eigenvalue weighted by Gasteiger charge is -2.22. The molecule has 0 aromatic carbocycles. The average Bonchev–Trinajstić information content (AvgIpc) is 2.55. The van der Waals surface area contributed by atoms with Gasteiger partial charge in [-0.15, -0.1) is 0 Å². The fraction of sp³-hybridized carbons (Fsp3) is 0.800. The van der Waals surface area contributed by atoms with Crippen molar-refractivity contribution >= 4 is 37.2 Å². The highest BCUT2D eigenvalue weighted by molar-refractivity contribution is 7.80. The van der Waals surface area contributed by atoms with Crippen LogP contribution in [-0.4, -0.2) is 47.9 Å². The molecule has 1 saturated heterocycles. The fourth-order valence-electron chi connectivity index (χ4n) is 1.77. The predicted octanol–water partition coefficient (Wildman–Crippen LogP) is 0.477. The SMILES string of the molecule is CC(=O)O[C@H]1[C@H](OC(C)=O)[C@H](CS)O[C@H]1CS. The highest BCUT2D eigenvalue weighted by atomic mass is 32.1. The zero-order valence-electron chi connectivity index (χ0n) is 9.66. The van der Waals surface area contributed by atoms with Crippen LogP contribution in [0, 0.1) is 0 Å². The van der Waals surface area contributed by atoms with E-state index in [1.54, 1.807) is 0 Å². The van der Waals surface area contributed by atoms with Crippen molar-refractivity contribution in [3.63, 3.8) is 0 Å². The smallest absolute Gasteiger partial charge is 0.303 e. The molecule has 0 N–H and O–H groups in total. The largest absolute Gasteiger partial charge is 0.456 e. The molecule has 0 unspecified atom stereocenters. The van der Waals surface area contributed by atoms with E-state index in [1.165, 1.54) is 13.8 Å². The summed E-state index contributed by atoms with van der Waals surface area (Å²) in [6.45, 7) is 2.60. The zero-order chi connectivity index (χ0) is 13.0. The Morgan fingerprint density at radius 2 is 1.35 bits per heavy atom. The molecule has 0 aromatic heterocycles. The number of esters is 2. The first-order valence-corrected chi connectivity index (χ1v) is 6.47. The second-order valence-corrected chi connectivity index (χ2v) is 4.46. The summed E-state index contributed by atoms with van der Waals surface area (Å²) in [4.78, 5) is 22.1. The molecule has 1 aliphatic heterocycles. The summed E-state index contributed by atoms with van der Waals surface area (Å²) >= 11 is 8.25. The molecule has 0 amide bonds. The van der Waals surface area contributed by atoms with Crippen molar-refractivity contribution in [3.8, 4) is 0 Å². The first-order valence-electron chi connectivity index (χ1n) is 5.21. The van der Waals surface area contributed by atoms with Gasteiger partial charge in [-0.2, -0.15) is 25.3 Å². The van der Waals surface area contributed by atoms with E-state index in [4.69, 9.17) is 14.2 Å². The molecule has 1 aliphatic rings. The van der Waals surface area contributed by atoms with Gasteiger partial charge in [0.05, 0.1) is 0 Å². The van der Waals surface area contributed by atoms with Crippen LogP contribution in [0.25, 0.3) is 0 Å². The number of hydrogen-bond donors (Lipinski definition) is 2. The van der Waals surface area contributed by atoms with Gasteiger partial charge < -0.3 is 14.2 Å². The Balaban J connectivity index is 2.82. The maximum Gasteiger partial charge on any atom is 0.303 e. The quantitative estimate of drug-likeness (QED) is 0.579. The molecule has 0 radical (unpaired) electrons. The molecular weight excluding hydrogens is 264 g/mol. The number of carbonyl (C=O) groups is 2. The summed E-state index contributed by atoms with van der Waals surface area (Å²) in [5, 5.41) is 0. The number of rotatable bonds is 4. The molecule has 0 aromatic rings. The van der Waals surface area contributed by atoms with Crippen LogP contribution < -0.4 is 0 Å². The van der Waals surface area contributed by atoms with Gasteiger partial charge in [0.2, 0.25) is 0 Å². The molecule has 17 heavy (non-hydrogen) atoms. The predicted molar refractivity (Wildman–Crippen MR) is 67.5 cm³/mol. The van der Waals surface area contributed by atoms with Crippen molar-refractivity contribution in [3.05, 3.63) is 0 Å². The van der Waals surface area contributed by atoms with E-state index in [0.717, 1.165) is 0 Å². The Morgan fingerprint density at radius 1 is 1.00 bits per heavy atom. The minimum Gasteiger partial charge on any atom is -0.456 e. The molecule has 4 atom stereocenters. The van der Waals surface area contributed by atoms with Crippen molar-refractivity contribution < 1.29 is 23.8 Å². The number of hydrogen-bond acceptors (Lipinski definition) is 7. The Morgan fingerprint density at radius 3 is 1.59 bits per heavy atom. The van der Waals surface area contributed by atoms with Gasteiger partial charge in [0.1, 0.15) is 12.2 Å². The van der Waals surface area contributed by atoms with Gasteiger partial charge in [-0.1, -0.05) is 0 Å². The zero-order valence-corrected chi connectivity index (χ0v) is 11.4. The van der Waals surface area contributed by atoms with E-state index < -0.39 is 24.1 Å². The van der Waals surface area contributed by atoms with Crippen molar-refractivity contribution in [2.45, 2.75) is 38.3 Å². The molecule has 0 bridgehead atoms. The van der Waals surface area contributed by atoms with Crippen molar-refractivity contribution in [2.75, 3.05) is 11.5 Å². The number of thiol groups is 2. The molecule has 0 aliphatic carbocycles. The first-order chi connectivity index (χ1) is 7.99. The van der Waals surface area contributed by atoms with Crippen LogP contribution in [0.3, 0.4) is 0 Å². The van der Waals surface area contributed by atoms with E-state index in [0.29, 0.717) is 11.5 Å². The first kappa shape index (κ1) is 14.7. The highest BCUT2D eigenvalue weighted by Crippen LogP contribution is 2.28. The van der Waals surface area contributed by atoms with E-state index in [9.17, 15) is 9.59 Å².